The topological polar surface area (TPSA) is 69.6 Å². The van der Waals surface area contributed by atoms with Gasteiger partial charge in [-0.05, 0) is 26.3 Å². The van der Waals surface area contributed by atoms with Crippen LogP contribution in [0.1, 0.15) is 19.4 Å². The Labute approximate surface area is 106 Å². The van der Waals surface area contributed by atoms with Gasteiger partial charge in [0.25, 0.3) is 0 Å². The van der Waals surface area contributed by atoms with Crippen molar-refractivity contribution < 1.29 is 9.90 Å². The van der Waals surface area contributed by atoms with Crippen molar-refractivity contribution in [3.8, 4) is 0 Å². The Morgan fingerprint density at radius 3 is 2.44 bits per heavy atom. The van der Waals surface area contributed by atoms with Crippen LogP contribution in [-0.4, -0.2) is 51.2 Å². The average Bonchev–Trinajstić information content (AvgIpc) is 2.32. The van der Waals surface area contributed by atoms with Gasteiger partial charge in [-0.3, -0.25) is 0 Å². The quantitative estimate of drug-likeness (QED) is 0.815. The summed E-state index contributed by atoms with van der Waals surface area (Å²) in [6.45, 7) is 6.94. The molecule has 1 aromatic heterocycles. The molecule has 2 heterocycles. The van der Waals surface area contributed by atoms with E-state index in [2.05, 4.69) is 14.9 Å². The number of anilines is 1. The highest BCUT2D eigenvalue weighted by atomic mass is 16.4. The highest BCUT2D eigenvalue weighted by Crippen LogP contribution is 2.19. The van der Waals surface area contributed by atoms with E-state index in [1.54, 1.807) is 12.4 Å². The summed E-state index contributed by atoms with van der Waals surface area (Å²) >= 11 is 0. The molecule has 1 N–H and O–H groups in total. The van der Waals surface area contributed by atoms with Crippen molar-refractivity contribution in [2.24, 2.45) is 0 Å². The molecule has 0 saturated carbocycles. The highest BCUT2D eigenvalue weighted by Gasteiger charge is 2.32. The maximum atomic E-state index is 11.1. The first kappa shape index (κ1) is 12.6. The molecule has 1 amide bonds. The Hall–Kier alpha value is -1.85. The minimum atomic E-state index is -0.862. The summed E-state index contributed by atoms with van der Waals surface area (Å²) in [7, 11) is 0. The Morgan fingerprint density at radius 1 is 1.28 bits per heavy atom. The molecule has 0 aromatic carbocycles. The fraction of sp³-hybridized carbons (Fsp3) is 0.583. The number of aryl methyl sites for hydroxylation is 1. The van der Waals surface area contributed by atoms with Crippen molar-refractivity contribution >= 4 is 12.0 Å². The SMILES string of the molecule is Cc1cnc(N2C[C@H](C)N(C(=O)O)C[C@H]2C)nc1. The van der Waals surface area contributed by atoms with E-state index in [0.717, 1.165) is 5.56 Å². The molecule has 98 valence electrons. The first-order chi connectivity index (χ1) is 8.49. The van der Waals surface area contributed by atoms with E-state index >= 15 is 0 Å². The molecule has 1 saturated heterocycles. The number of carboxylic acid groups (broad SMARTS) is 1. The molecule has 0 bridgehead atoms. The summed E-state index contributed by atoms with van der Waals surface area (Å²) < 4.78 is 0. The second kappa shape index (κ2) is 4.80. The molecule has 6 nitrogen and oxygen atoms in total. The van der Waals surface area contributed by atoms with Crippen molar-refractivity contribution in [2.75, 3.05) is 18.0 Å². The van der Waals surface area contributed by atoms with E-state index in [1.807, 2.05) is 20.8 Å². The lowest BCUT2D eigenvalue weighted by Gasteiger charge is -2.42. The number of nitrogens with zero attached hydrogens (tertiary/aromatic N) is 4. The number of amides is 1. The van der Waals surface area contributed by atoms with E-state index in [9.17, 15) is 4.79 Å². The number of hydrogen-bond acceptors (Lipinski definition) is 4. The Kier molecular flexibility index (Phi) is 3.36. The van der Waals surface area contributed by atoms with E-state index in [-0.39, 0.29) is 12.1 Å². The third kappa shape index (κ3) is 2.37. The van der Waals surface area contributed by atoms with Gasteiger partial charge in [-0.1, -0.05) is 0 Å². The van der Waals surface area contributed by atoms with Gasteiger partial charge in [-0.15, -0.1) is 0 Å². The molecule has 2 rings (SSSR count). The molecule has 0 spiro atoms. The predicted octanol–water partition coefficient (Wildman–Crippen LogP) is 1.36. The smallest absolute Gasteiger partial charge is 0.407 e. The Balaban J connectivity index is 2.16. The van der Waals surface area contributed by atoms with Gasteiger partial charge < -0.3 is 14.9 Å². The molecule has 1 aliphatic rings. The predicted molar refractivity (Wildman–Crippen MR) is 67.8 cm³/mol. The van der Waals surface area contributed by atoms with Gasteiger partial charge in [0.15, 0.2) is 0 Å². The van der Waals surface area contributed by atoms with Gasteiger partial charge >= 0.3 is 6.09 Å². The molecular formula is C12H18N4O2. The number of hydrogen-bond donors (Lipinski definition) is 1. The summed E-state index contributed by atoms with van der Waals surface area (Å²) in [5, 5.41) is 9.10. The first-order valence-corrected chi connectivity index (χ1v) is 6.04. The summed E-state index contributed by atoms with van der Waals surface area (Å²) in [6, 6.07) is 0.0311. The van der Waals surface area contributed by atoms with Crippen LogP contribution >= 0.6 is 0 Å². The first-order valence-electron chi connectivity index (χ1n) is 6.04. The molecule has 0 radical (unpaired) electrons. The molecule has 18 heavy (non-hydrogen) atoms. The minimum absolute atomic E-state index is 0.0522. The monoisotopic (exact) mass is 250 g/mol. The standard InChI is InChI=1S/C12H18N4O2/c1-8-4-13-11(14-5-8)15-6-10(3)16(12(17)18)7-9(15)2/h4-5,9-10H,6-7H2,1-3H3,(H,17,18)/t9-,10+/m1/s1. The van der Waals surface area contributed by atoms with Crippen LogP contribution in [0.25, 0.3) is 0 Å². The Morgan fingerprint density at radius 2 is 1.89 bits per heavy atom. The van der Waals surface area contributed by atoms with Crippen molar-refractivity contribution in [1.29, 1.82) is 0 Å². The zero-order valence-corrected chi connectivity index (χ0v) is 10.9. The van der Waals surface area contributed by atoms with Crippen LogP contribution in [0, 0.1) is 6.92 Å². The lowest BCUT2D eigenvalue weighted by molar-refractivity contribution is 0.114. The second-order valence-electron chi connectivity index (χ2n) is 4.85. The average molecular weight is 250 g/mol. The lowest BCUT2D eigenvalue weighted by atomic mass is 10.1. The molecule has 1 aromatic rings. The van der Waals surface area contributed by atoms with Gasteiger partial charge in [-0.2, -0.15) is 0 Å². The minimum Gasteiger partial charge on any atom is -0.465 e. The van der Waals surface area contributed by atoms with Crippen LogP contribution in [0.5, 0.6) is 0 Å². The number of carbonyl (C=O) groups is 1. The maximum absolute atomic E-state index is 11.1. The molecule has 0 unspecified atom stereocenters. The fourth-order valence-corrected chi connectivity index (χ4v) is 2.21. The normalized spacial score (nSPS) is 24.2. The van der Waals surface area contributed by atoms with Crippen LogP contribution < -0.4 is 4.90 Å². The molecule has 6 heteroatoms. The van der Waals surface area contributed by atoms with E-state index < -0.39 is 6.09 Å². The summed E-state index contributed by atoms with van der Waals surface area (Å²) in [6.07, 6.45) is 2.70. The third-order valence-electron chi connectivity index (χ3n) is 3.26. The van der Waals surface area contributed by atoms with Crippen LogP contribution in [0.4, 0.5) is 10.7 Å². The van der Waals surface area contributed by atoms with Gasteiger partial charge in [-0.25, -0.2) is 14.8 Å². The van der Waals surface area contributed by atoms with E-state index in [1.165, 1.54) is 4.90 Å². The van der Waals surface area contributed by atoms with Crippen LogP contribution in [0.15, 0.2) is 12.4 Å². The van der Waals surface area contributed by atoms with Crippen molar-refractivity contribution in [3.63, 3.8) is 0 Å². The van der Waals surface area contributed by atoms with Crippen molar-refractivity contribution in [2.45, 2.75) is 32.9 Å². The third-order valence-corrected chi connectivity index (χ3v) is 3.26. The van der Waals surface area contributed by atoms with Crippen LogP contribution in [-0.2, 0) is 0 Å². The number of piperazine rings is 1. The largest absolute Gasteiger partial charge is 0.465 e. The van der Waals surface area contributed by atoms with Crippen molar-refractivity contribution in [1.82, 2.24) is 14.9 Å². The Bertz CT molecular complexity index is 434. The van der Waals surface area contributed by atoms with E-state index in [0.29, 0.717) is 19.0 Å². The summed E-state index contributed by atoms with van der Waals surface area (Å²) in [4.78, 5) is 23.2. The maximum Gasteiger partial charge on any atom is 0.407 e. The number of aromatic nitrogens is 2. The number of rotatable bonds is 1. The zero-order valence-electron chi connectivity index (χ0n) is 10.9. The molecular weight excluding hydrogens is 232 g/mol. The molecule has 1 aliphatic heterocycles. The lowest BCUT2D eigenvalue weighted by Crippen LogP contribution is -2.58. The molecule has 0 aliphatic carbocycles. The van der Waals surface area contributed by atoms with E-state index in [4.69, 9.17) is 5.11 Å². The second-order valence-corrected chi connectivity index (χ2v) is 4.85. The van der Waals surface area contributed by atoms with Gasteiger partial charge in [0, 0.05) is 37.6 Å². The van der Waals surface area contributed by atoms with Gasteiger partial charge in [0.05, 0.1) is 0 Å². The summed E-state index contributed by atoms with van der Waals surface area (Å²) in [5.41, 5.74) is 1.02. The highest BCUT2D eigenvalue weighted by molar-refractivity contribution is 5.66. The van der Waals surface area contributed by atoms with Crippen molar-refractivity contribution in [3.05, 3.63) is 18.0 Å². The summed E-state index contributed by atoms with van der Waals surface area (Å²) in [5.74, 6) is 0.671. The van der Waals surface area contributed by atoms with Crippen LogP contribution in [0.3, 0.4) is 0 Å². The zero-order chi connectivity index (χ0) is 13.3. The van der Waals surface area contributed by atoms with Gasteiger partial charge in [0.2, 0.25) is 5.95 Å². The van der Waals surface area contributed by atoms with Gasteiger partial charge in [0.1, 0.15) is 0 Å². The fourth-order valence-electron chi connectivity index (χ4n) is 2.21. The van der Waals surface area contributed by atoms with Crippen LogP contribution in [0.2, 0.25) is 0 Å². The molecule has 2 atom stereocenters. The molecule has 1 fully saturated rings.